The molecule has 2 unspecified atom stereocenters. The average molecular weight is 365 g/mol. The highest BCUT2D eigenvalue weighted by Gasteiger charge is 2.41. The van der Waals surface area contributed by atoms with Gasteiger partial charge >= 0.3 is 5.97 Å². The molecule has 1 N–H and O–H groups in total. The van der Waals surface area contributed by atoms with Crippen molar-refractivity contribution in [2.75, 3.05) is 13.7 Å². The molecule has 0 saturated carbocycles. The highest BCUT2D eigenvalue weighted by Crippen LogP contribution is 2.48. The number of nitriles is 1. The fraction of sp³-hybridized carbons (Fsp3) is 0.300. The first-order valence-corrected chi connectivity index (χ1v) is 8.49. The first kappa shape index (κ1) is 18.4. The van der Waals surface area contributed by atoms with E-state index in [0.29, 0.717) is 46.3 Å². The Labute approximate surface area is 156 Å². The molecule has 1 aliphatic rings. The molecule has 27 heavy (non-hydrogen) atoms. The minimum absolute atomic E-state index is 0.355. The number of methoxy groups -OCH3 is 1. The minimum atomic E-state index is -0.996. The molecular weight excluding hydrogens is 346 g/mol. The average Bonchev–Trinajstić information content (AvgIpc) is 2.66. The Morgan fingerprint density at radius 3 is 2.78 bits per heavy atom. The second kappa shape index (κ2) is 7.46. The van der Waals surface area contributed by atoms with Gasteiger partial charge in [0.15, 0.2) is 0 Å². The molecule has 138 valence electrons. The highest BCUT2D eigenvalue weighted by molar-refractivity contribution is 6.04. The van der Waals surface area contributed by atoms with Crippen molar-refractivity contribution in [1.82, 2.24) is 4.98 Å². The van der Waals surface area contributed by atoms with Crippen molar-refractivity contribution in [1.29, 1.82) is 5.26 Å². The number of aliphatic carboxylic acids is 1. The van der Waals surface area contributed by atoms with Crippen molar-refractivity contribution in [3.63, 3.8) is 0 Å². The molecule has 7 heteroatoms. The van der Waals surface area contributed by atoms with Crippen LogP contribution in [0.5, 0.6) is 11.6 Å². The normalized spacial score (nSPS) is 18.1. The van der Waals surface area contributed by atoms with Crippen LogP contribution in [-0.2, 0) is 4.79 Å². The van der Waals surface area contributed by atoms with Crippen molar-refractivity contribution in [2.24, 2.45) is 10.9 Å². The lowest BCUT2D eigenvalue weighted by Gasteiger charge is -2.31. The van der Waals surface area contributed by atoms with E-state index in [0.717, 1.165) is 0 Å². The van der Waals surface area contributed by atoms with Crippen LogP contribution >= 0.6 is 0 Å². The third-order valence-corrected chi connectivity index (χ3v) is 4.57. The van der Waals surface area contributed by atoms with E-state index in [9.17, 15) is 9.90 Å². The first-order valence-electron chi connectivity index (χ1n) is 8.49. The van der Waals surface area contributed by atoms with Gasteiger partial charge in [-0.1, -0.05) is 6.07 Å². The van der Waals surface area contributed by atoms with E-state index in [1.807, 2.05) is 6.92 Å². The largest absolute Gasteiger partial charge is 0.496 e. The molecule has 1 aliphatic heterocycles. The second-order valence-corrected chi connectivity index (χ2v) is 6.10. The summed E-state index contributed by atoms with van der Waals surface area (Å²) < 4.78 is 11.1. The van der Waals surface area contributed by atoms with Crippen LogP contribution in [0.3, 0.4) is 0 Å². The summed E-state index contributed by atoms with van der Waals surface area (Å²) in [6.45, 7) is 3.93. The van der Waals surface area contributed by atoms with Gasteiger partial charge in [0.1, 0.15) is 11.7 Å². The van der Waals surface area contributed by atoms with Crippen LogP contribution in [0.4, 0.5) is 5.69 Å². The predicted molar refractivity (Wildman–Crippen MR) is 98.9 cm³/mol. The zero-order chi connectivity index (χ0) is 19.6. The van der Waals surface area contributed by atoms with Gasteiger partial charge in [-0.25, -0.2) is 4.98 Å². The number of hydrogen-bond donors (Lipinski definition) is 1. The van der Waals surface area contributed by atoms with Crippen molar-refractivity contribution >= 4 is 17.4 Å². The number of benzene rings is 1. The van der Waals surface area contributed by atoms with Crippen molar-refractivity contribution in [3.8, 4) is 17.7 Å². The number of hydrogen-bond acceptors (Lipinski definition) is 6. The van der Waals surface area contributed by atoms with Crippen molar-refractivity contribution in [2.45, 2.75) is 19.8 Å². The molecule has 3 rings (SSSR count). The number of rotatable bonds is 5. The lowest BCUT2D eigenvalue weighted by molar-refractivity contribution is -0.139. The molecule has 2 aromatic rings. The quantitative estimate of drug-likeness (QED) is 0.871. The van der Waals surface area contributed by atoms with Gasteiger partial charge in [-0.15, -0.1) is 0 Å². The van der Waals surface area contributed by atoms with Crippen molar-refractivity contribution in [3.05, 3.63) is 47.2 Å². The van der Waals surface area contributed by atoms with Gasteiger partial charge in [-0.05, 0) is 32.0 Å². The number of nitrogens with zero attached hydrogens (tertiary/aromatic N) is 3. The summed E-state index contributed by atoms with van der Waals surface area (Å²) in [5.74, 6) is -1.70. The highest BCUT2D eigenvalue weighted by atomic mass is 16.5. The fourth-order valence-corrected chi connectivity index (χ4v) is 3.45. The van der Waals surface area contributed by atoms with E-state index in [4.69, 9.17) is 14.7 Å². The number of pyridine rings is 1. The molecule has 2 atom stereocenters. The number of fused-ring (bicyclic) bond motifs is 1. The van der Waals surface area contributed by atoms with Gasteiger partial charge < -0.3 is 14.6 Å². The molecule has 0 fully saturated rings. The zero-order valence-electron chi connectivity index (χ0n) is 15.3. The summed E-state index contributed by atoms with van der Waals surface area (Å²) >= 11 is 0. The number of ether oxygens (including phenoxy) is 2. The summed E-state index contributed by atoms with van der Waals surface area (Å²) in [7, 11) is 1.49. The molecule has 2 heterocycles. The SMILES string of the molecule is CCOc1nccc2c1C(c1ccc(C#N)cc1OC)C(C(=O)O)C(C)=N2. The Hall–Kier alpha value is -3.40. The Bertz CT molecular complexity index is 962. The first-order chi connectivity index (χ1) is 13.0. The lowest BCUT2D eigenvalue weighted by Crippen LogP contribution is -2.32. The Morgan fingerprint density at radius 1 is 1.37 bits per heavy atom. The maximum absolute atomic E-state index is 12.1. The molecule has 0 saturated heterocycles. The van der Waals surface area contributed by atoms with E-state index in [-0.39, 0.29) is 0 Å². The van der Waals surface area contributed by atoms with Crippen LogP contribution in [0.2, 0.25) is 0 Å². The Balaban J connectivity index is 2.31. The summed E-state index contributed by atoms with van der Waals surface area (Å²) in [5, 5.41) is 19.1. The number of carboxylic acids is 1. The smallest absolute Gasteiger partial charge is 0.313 e. The van der Waals surface area contributed by atoms with E-state index >= 15 is 0 Å². The molecule has 0 amide bonds. The summed E-state index contributed by atoms with van der Waals surface area (Å²) in [6.07, 6.45) is 1.59. The molecule has 7 nitrogen and oxygen atoms in total. The topological polar surface area (TPSA) is 105 Å². The fourth-order valence-electron chi connectivity index (χ4n) is 3.45. The molecule has 0 aliphatic carbocycles. The van der Waals surface area contributed by atoms with E-state index < -0.39 is 17.8 Å². The van der Waals surface area contributed by atoms with Gasteiger partial charge in [0.2, 0.25) is 5.88 Å². The predicted octanol–water partition coefficient (Wildman–Crippen LogP) is 3.30. The third-order valence-electron chi connectivity index (χ3n) is 4.57. The van der Waals surface area contributed by atoms with Crippen molar-refractivity contribution < 1.29 is 19.4 Å². The standard InChI is InChI=1S/C20H19N3O4/c1-4-27-19-18-14(7-8-22-19)23-11(2)16(20(24)25)17(18)13-6-5-12(10-21)9-15(13)26-3/h5-9,16-17H,4H2,1-3H3,(H,24,25). The summed E-state index contributed by atoms with van der Waals surface area (Å²) in [6, 6.07) is 8.78. The van der Waals surface area contributed by atoms with Gasteiger partial charge in [-0.2, -0.15) is 5.26 Å². The van der Waals surface area contributed by atoms with Crippen LogP contribution in [0, 0.1) is 17.2 Å². The summed E-state index contributed by atoms with van der Waals surface area (Å²) in [4.78, 5) is 20.9. The lowest BCUT2D eigenvalue weighted by atomic mass is 9.76. The molecule has 1 aromatic carbocycles. The van der Waals surface area contributed by atoms with Gasteiger partial charge in [0.05, 0.1) is 31.0 Å². The van der Waals surface area contributed by atoms with Gasteiger partial charge in [0.25, 0.3) is 0 Å². The summed E-state index contributed by atoms with van der Waals surface area (Å²) in [5.41, 5.74) is 2.80. The maximum Gasteiger partial charge on any atom is 0.313 e. The molecule has 0 bridgehead atoms. The number of aromatic nitrogens is 1. The Morgan fingerprint density at radius 2 is 2.15 bits per heavy atom. The number of aliphatic imine (C=N–C) groups is 1. The van der Waals surface area contributed by atoms with Crippen LogP contribution in [0.1, 0.15) is 36.5 Å². The molecule has 1 aromatic heterocycles. The van der Waals surface area contributed by atoms with Gasteiger partial charge in [-0.3, -0.25) is 9.79 Å². The van der Waals surface area contributed by atoms with E-state index in [2.05, 4.69) is 16.0 Å². The van der Waals surface area contributed by atoms with Crippen LogP contribution in [-0.4, -0.2) is 35.5 Å². The van der Waals surface area contributed by atoms with E-state index in [1.54, 1.807) is 37.4 Å². The molecule has 0 radical (unpaired) electrons. The van der Waals surface area contributed by atoms with E-state index in [1.165, 1.54) is 7.11 Å². The monoisotopic (exact) mass is 365 g/mol. The minimum Gasteiger partial charge on any atom is -0.496 e. The van der Waals surface area contributed by atoms with Crippen LogP contribution < -0.4 is 9.47 Å². The number of carbonyl (C=O) groups is 1. The van der Waals surface area contributed by atoms with Gasteiger partial charge in [0, 0.05) is 29.0 Å². The zero-order valence-corrected chi connectivity index (χ0v) is 15.3. The second-order valence-electron chi connectivity index (χ2n) is 6.10. The Kier molecular flexibility index (Phi) is 5.08. The maximum atomic E-state index is 12.1. The van der Waals surface area contributed by atoms with Crippen LogP contribution in [0.25, 0.3) is 0 Å². The number of carboxylic acid groups (broad SMARTS) is 1. The van der Waals surface area contributed by atoms with Crippen LogP contribution in [0.15, 0.2) is 35.5 Å². The molecule has 0 spiro atoms. The molecular formula is C20H19N3O4. The third kappa shape index (κ3) is 3.22.